The summed E-state index contributed by atoms with van der Waals surface area (Å²) in [5.74, 6) is 2.11. The second-order valence-corrected chi connectivity index (χ2v) is 6.28. The van der Waals surface area contributed by atoms with Crippen molar-refractivity contribution in [3.63, 3.8) is 0 Å². The van der Waals surface area contributed by atoms with Gasteiger partial charge in [-0.05, 0) is 23.8 Å². The summed E-state index contributed by atoms with van der Waals surface area (Å²) < 4.78 is 7.42. The molecule has 0 saturated heterocycles. The average molecular weight is 387 g/mol. The van der Waals surface area contributed by atoms with Crippen LogP contribution in [0.15, 0.2) is 83.1 Å². The number of guanidine groups is 1. The molecule has 1 aromatic carbocycles. The summed E-state index contributed by atoms with van der Waals surface area (Å²) in [7, 11) is 1.73. The Hall–Kier alpha value is -3.94. The summed E-state index contributed by atoms with van der Waals surface area (Å²) in [5, 5.41) is 6.51. The zero-order chi connectivity index (χ0) is 19.9. The van der Waals surface area contributed by atoms with Crippen LogP contribution < -0.4 is 10.6 Å². The molecule has 3 heterocycles. The van der Waals surface area contributed by atoms with E-state index in [4.69, 9.17) is 4.42 Å². The zero-order valence-corrected chi connectivity index (χ0v) is 16.0. The first-order valence-corrected chi connectivity index (χ1v) is 9.19. The molecule has 0 aliphatic rings. The van der Waals surface area contributed by atoms with Crippen molar-refractivity contribution < 1.29 is 4.42 Å². The Labute approximate surface area is 168 Å². The maximum absolute atomic E-state index is 5.56. The molecule has 0 saturated carbocycles. The number of aromatic nitrogens is 4. The SMILES string of the molecule is CN=C(NCc1ccc(-n2ccnc2)nc1)NCc1coc(-c2ccccc2)n1. The van der Waals surface area contributed by atoms with Crippen molar-refractivity contribution in [2.75, 3.05) is 7.05 Å². The van der Waals surface area contributed by atoms with Crippen LogP contribution in [-0.4, -0.2) is 32.5 Å². The predicted octanol–water partition coefficient (Wildman–Crippen LogP) is 2.79. The van der Waals surface area contributed by atoms with Crippen molar-refractivity contribution in [3.05, 3.63) is 84.9 Å². The first-order chi connectivity index (χ1) is 14.3. The molecule has 0 atom stereocenters. The van der Waals surface area contributed by atoms with E-state index >= 15 is 0 Å². The van der Waals surface area contributed by atoms with Gasteiger partial charge in [-0.2, -0.15) is 0 Å². The quantitative estimate of drug-likeness (QED) is 0.390. The van der Waals surface area contributed by atoms with Crippen LogP contribution in [0.3, 0.4) is 0 Å². The van der Waals surface area contributed by atoms with Gasteiger partial charge in [-0.1, -0.05) is 24.3 Å². The lowest BCUT2D eigenvalue weighted by Crippen LogP contribution is -2.36. The monoisotopic (exact) mass is 387 g/mol. The van der Waals surface area contributed by atoms with Crippen LogP contribution in [-0.2, 0) is 13.1 Å². The number of nitrogens with one attached hydrogen (secondary N) is 2. The maximum atomic E-state index is 5.56. The minimum absolute atomic E-state index is 0.508. The first-order valence-electron chi connectivity index (χ1n) is 9.19. The van der Waals surface area contributed by atoms with E-state index in [1.807, 2.05) is 59.4 Å². The van der Waals surface area contributed by atoms with Gasteiger partial charge >= 0.3 is 0 Å². The Morgan fingerprint density at radius 2 is 1.97 bits per heavy atom. The fourth-order valence-electron chi connectivity index (χ4n) is 2.75. The molecule has 0 spiro atoms. The number of oxazole rings is 1. The fraction of sp³-hybridized carbons (Fsp3) is 0.143. The second-order valence-electron chi connectivity index (χ2n) is 6.28. The van der Waals surface area contributed by atoms with E-state index in [9.17, 15) is 0 Å². The van der Waals surface area contributed by atoms with Gasteiger partial charge in [0, 0.05) is 37.7 Å². The third-order valence-electron chi connectivity index (χ3n) is 4.27. The van der Waals surface area contributed by atoms with Crippen molar-refractivity contribution in [1.29, 1.82) is 0 Å². The van der Waals surface area contributed by atoms with E-state index in [1.165, 1.54) is 0 Å². The van der Waals surface area contributed by atoms with Gasteiger partial charge in [0.2, 0.25) is 5.89 Å². The molecule has 8 heteroatoms. The average Bonchev–Trinajstić information content (AvgIpc) is 3.47. The van der Waals surface area contributed by atoms with Crippen molar-refractivity contribution in [2.45, 2.75) is 13.1 Å². The third-order valence-corrected chi connectivity index (χ3v) is 4.27. The third kappa shape index (κ3) is 4.67. The Kier molecular flexibility index (Phi) is 5.61. The Morgan fingerprint density at radius 3 is 2.69 bits per heavy atom. The standard InChI is InChI=1S/C21H21N7O/c1-22-21(25-12-16-7-8-19(24-11-16)28-10-9-23-15-28)26-13-18-14-29-20(27-18)17-5-3-2-4-6-17/h2-11,14-15H,12-13H2,1H3,(H2,22,25,26). The van der Waals surface area contributed by atoms with Gasteiger partial charge in [-0.3, -0.25) is 9.56 Å². The van der Waals surface area contributed by atoms with Crippen LogP contribution in [0.2, 0.25) is 0 Å². The molecule has 146 valence electrons. The minimum atomic E-state index is 0.508. The molecule has 29 heavy (non-hydrogen) atoms. The predicted molar refractivity (Wildman–Crippen MR) is 110 cm³/mol. The van der Waals surface area contributed by atoms with Crippen LogP contribution >= 0.6 is 0 Å². The first kappa shape index (κ1) is 18.4. The molecule has 4 rings (SSSR count). The van der Waals surface area contributed by atoms with Gasteiger partial charge in [0.15, 0.2) is 5.96 Å². The lowest BCUT2D eigenvalue weighted by Gasteiger charge is -2.11. The van der Waals surface area contributed by atoms with Crippen LogP contribution in [0.25, 0.3) is 17.3 Å². The highest BCUT2D eigenvalue weighted by Crippen LogP contribution is 2.17. The Morgan fingerprint density at radius 1 is 1.10 bits per heavy atom. The molecule has 4 aromatic rings. The van der Waals surface area contributed by atoms with E-state index in [1.54, 1.807) is 25.8 Å². The normalized spacial score (nSPS) is 11.4. The number of imidazole rings is 1. The molecular formula is C21H21N7O. The summed E-state index contributed by atoms with van der Waals surface area (Å²) >= 11 is 0. The maximum Gasteiger partial charge on any atom is 0.226 e. The van der Waals surface area contributed by atoms with E-state index in [0.717, 1.165) is 22.6 Å². The Bertz CT molecular complexity index is 1050. The van der Waals surface area contributed by atoms with Crippen LogP contribution in [0.1, 0.15) is 11.3 Å². The van der Waals surface area contributed by atoms with E-state index in [-0.39, 0.29) is 0 Å². The summed E-state index contributed by atoms with van der Waals surface area (Å²) in [5.41, 5.74) is 2.80. The molecular weight excluding hydrogens is 366 g/mol. The number of aliphatic imine (C=N–C) groups is 1. The molecule has 3 aromatic heterocycles. The summed E-state index contributed by atoms with van der Waals surface area (Å²) in [4.78, 5) is 17.2. The Balaban J connectivity index is 1.29. The summed E-state index contributed by atoms with van der Waals surface area (Å²) in [6.45, 7) is 1.11. The van der Waals surface area contributed by atoms with Crippen LogP contribution in [0.4, 0.5) is 0 Å². The van der Waals surface area contributed by atoms with Gasteiger partial charge in [0.25, 0.3) is 0 Å². The zero-order valence-electron chi connectivity index (χ0n) is 16.0. The molecule has 0 fully saturated rings. The number of hydrogen-bond acceptors (Lipinski definition) is 5. The summed E-state index contributed by atoms with van der Waals surface area (Å²) in [6, 6.07) is 13.8. The van der Waals surface area contributed by atoms with Gasteiger partial charge in [-0.15, -0.1) is 0 Å². The number of benzene rings is 1. The number of hydrogen-bond donors (Lipinski definition) is 2. The van der Waals surface area contributed by atoms with Gasteiger partial charge in [0.1, 0.15) is 18.4 Å². The molecule has 0 bridgehead atoms. The molecule has 0 aliphatic carbocycles. The molecule has 0 radical (unpaired) electrons. The van der Waals surface area contributed by atoms with Gasteiger partial charge < -0.3 is 15.1 Å². The highest BCUT2D eigenvalue weighted by molar-refractivity contribution is 5.79. The van der Waals surface area contributed by atoms with E-state index in [0.29, 0.717) is 24.9 Å². The molecule has 8 nitrogen and oxygen atoms in total. The lowest BCUT2D eigenvalue weighted by molar-refractivity contribution is 0.572. The molecule has 2 N–H and O–H groups in total. The number of pyridine rings is 1. The van der Waals surface area contributed by atoms with E-state index in [2.05, 4.69) is 30.6 Å². The lowest BCUT2D eigenvalue weighted by atomic mass is 10.2. The van der Waals surface area contributed by atoms with Crippen molar-refractivity contribution >= 4 is 5.96 Å². The highest BCUT2D eigenvalue weighted by Gasteiger charge is 2.07. The van der Waals surface area contributed by atoms with Gasteiger partial charge in [0.05, 0.1) is 12.2 Å². The number of nitrogens with zero attached hydrogens (tertiary/aromatic N) is 5. The van der Waals surface area contributed by atoms with Crippen molar-refractivity contribution in [2.24, 2.45) is 4.99 Å². The van der Waals surface area contributed by atoms with Gasteiger partial charge in [-0.25, -0.2) is 15.0 Å². The largest absolute Gasteiger partial charge is 0.444 e. The second kappa shape index (κ2) is 8.83. The van der Waals surface area contributed by atoms with Crippen molar-refractivity contribution in [3.8, 4) is 17.3 Å². The molecule has 0 aliphatic heterocycles. The van der Waals surface area contributed by atoms with Crippen LogP contribution in [0.5, 0.6) is 0 Å². The highest BCUT2D eigenvalue weighted by atomic mass is 16.3. The minimum Gasteiger partial charge on any atom is -0.444 e. The number of rotatable bonds is 6. The van der Waals surface area contributed by atoms with Crippen LogP contribution in [0, 0.1) is 0 Å². The summed E-state index contributed by atoms with van der Waals surface area (Å²) in [6.07, 6.45) is 8.80. The molecule has 0 unspecified atom stereocenters. The topological polar surface area (TPSA) is 93.2 Å². The fourth-order valence-corrected chi connectivity index (χ4v) is 2.75. The van der Waals surface area contributed by atoms with Crippen molar-refractivity contribution in [1.82, 2.24) is 30.2 Å². The molecule has 0 amide bonds. The smallest absolute Gasteiger partial charge is 0.226 e. The van der Waals surface area contributed by atoms with E-state index < -0.39 is 0 Å².